The first-order valence-electron chi connectivity index (χ1n) is 8.95. The number of hydrogen-bond donors (Lipinski definition) is 1. The van der Waals surface area contributed by atoms with Gasteiger partial charge in [-0.05, 0) is 50.3 Å². The minimum absolute atomic E-state index is 0. The van der Waals surface area contributed by atoms with Crippen LogP contribution in [0.5, 0.6) is 0 Å². The van der Waals surface area contributed by atoms with Crippen molar-refractivity contribution >= 4 is 36.4 Å². The van der Waals surface area contributed by atoms with Crippen molar-refractivity contribution in [3.63, 3.8) is 0 Å². The summed E-state index contributed by atoms with van der Waals surface area (Å²) in [6.45, 7) is 15.1. The predicted molar refractivity (Wildman–Crippen MR) is 113 cm³/mol. The van der Waals surface area contributed by atoms with E-state index in [1.165, 1.54) is 5.56 Å². The molecule has 4 nitrogen and oxygen atoms in total. The molecule has 0 aromatic heterocycles. The van der Waals surface area contributed by atoms with Crippen LogP contribution in [0.2, 0.25) is 0 Å². The monoisotopic (exact) mass is 391 g/mol. The van der Waals surface area contributed by atoms with Gasteiger partial charge in [0.15, 0.2) is 0 Å². The Bertz CT molecular complexity index is 460. The summed E-state index contributed by atoms with van der Waals surface area (Å²) in [5, 5.41) is 3.09. The zero-order chi connectivity index (χ0) is 17.2. The number of anilines is 1. The maximum absolute atomic E-state index is 12.8. The van der Waals surface area contributed by atoms with Crippen molar-refractivity contribution in [2.75, 3.05) is 38.0 Å². The van der Waals surface area contributed by atoms with Gasteiger partial charge in [0.25, 0.3) is 0 Å². The summed E-state index contributed by atoms with van der Waals surface area (Å²) in [6, 6.07) is 8.02. The van der Waals surface area contributed by atoms with Crippen LogP contribution in [0.15, 0.2) is 24.3 Å². The van der Waals surface area contributed by atoms with Crippen molar-refractivity contribution < 1.29 is 4.79 Å². The number of nitrogens with one attached hydrogen (secondary N) is 1. The molecule has 0 spiro atoms. The van der Waals surface area contributed by atoms with Crippen molar-refractivity contribution in [2.24, 2.45) is 0 Å². The third-order valence-corrected chi connectivity index (χ3v) is 4.51. The molecule has 1 rings (SSSR count). The van der Waals surface area contributed by atoms with E-state index in [0.717, 1.165) is 44.8 Å². The number of rotatable bonds is 10. The molecule has 25 heavy (non-hydrogen) atoms. The van der Waals surface area contributed by atoms with Crippen LogP contribution in [-0.2, 0) is 11.2 Å². The first-order chi connectivity index (χ1) is 11.1. The van der Waals surface area contributed by atoms with E-state index >= 15 is 0 Å². The molecule has 0 aliphatic heterocycles. The summed E-state index contributed by atoms with van der Waals surface area (Å²) in [6.07, 6.45) is 1.01. The van der Waals surface area contributed by atoms with E-state index in [2.05, 4.69) is 61.9 Å². The van der Waals surface area contributed by atoms with E-state index in [9.17, 15) is 4.79 Å². The van der Waals surface area contributed by atoms with E-state index in [1.54, 1.807) is 0 Å². The summed E-state index contributed by atoms with van der Waals surface area (Å²) in [5.41, 5.74) is 2.16. The zero-order valence-electron chi connectivity index (χ0n) is 16.2. The van der Waals surface area contributed by atoms with Crippen molar-refractivity contribution in [1.82, 2.24) is 9.80 Å². The van der Waals surface area contributed by atoms with Crippen LogP contribution in [0.3, 0.4) is 0 Å². The Morgan fingerprint density at radius 3 is 1.84 bits per heavy atom. The molecular formula is C19H35Cl2N3O. The van der Waals surface area contributed by atoms with Gasteiger partial charge in [-0.2, -0.15) is 0 Å². The fraction of sp³-hybridized carbons (Fsp3) is 0.632. The summed E-state index contributed by atoms with van der Waals surface area (Å²) >= 11 is 0. The van der Waals surface area contributed by atoms with Crippen molar-refractivity contribution in [3.05, 3.63) is 29.8 Å². The van der Waals surface area contributed by atoms with Crippen LogP contribution in [0.1, 0.15) is 40.2 Å². The molecule has 1 N–H and O–H groups in total. The Hall–Kier alpha value is -0.810. The van der Waals surface area contributed by atoms with E-state index < -0.39 is 0 Å². The molecule has 0 heterocycles. The number of halogens is 2. The van der Waals surface area contributed by atoms with E-state index in [-0.39, 0.29) is 36.8 Å². The maximum atomic E-state index is 12.8. The lowest BCUT2D eigenvalue weighted by atomic mass is 10.1. The molecule has 1 amide bonds. The highest BCUT2D eigenvalue weighted by molar-refractivity contribution is 5.95. The summed E-state index contributed by atoms with van der Waals surface area (Å²) in [4.78, 5) is 17.4. The lowest BCUT2D eigenvalue weighted by Crippen LogP contribution is -2.50. The molecule has 0 aliphatic rings. The highest BCUT2D eigenvalue weighted by atomic mass is 35.5. The number of amides is 1. The molecule has 0 radical (unpaired) electrons. The second-order valence-electron chi connectivity index (χ2n) is 5.76. The molecule has 0 bridgehead atoms. The highest BCUT2D eigenvalue weighted by Crippen LogP contribution is 2.12. The smallest absolute Gasteiger partial charge is 0.243 e. The lowest BCUT2D eigenvalue weighted by molar-refractivity contribution is -0.121. The van der Waals surface area contributed by atoms with Crippen LogP contribution in [0.25, 0.3) is 0 Å². The van der Waals surface area contributed by atoms with E-state index in [0.29, 0.717) is 0 Å². The van der Waals surface area contributed by atoms with Gasteiger partial charge in [-0.1, -0.05) is 46.8 Å². The Morgan fingerprint density at radius 2 is 1.44 bits per heavy atom. The summed E-state index contributed by atoms with van der Waals surface area (Å²) in [7, 11) is 0. The standard InChI is InChI=1S/C19H33N3O.2ClH/c1-6-16-11-13-17(14-12-16)20-19(23)18(22(9-4)10-5)15-21(7-2)8-3;;/h11-14,18H,6-10,15H2,1-5H3,(H,20,23);2*1H. The second kappa shape index (κ2) is 14.4. The van der Waals surface area contributed by atoms with Crippen LogP contribution >= 0.6 is 24.8 Å². The third kappa shape index (κ3) is 8.41. The zero-order valence-corrected chi connectivity index (χ0v) is 17.9. The molecule has 1 unspecified atom stereocenters. The lowest BCUT2D eigenvalue weighted by Gasteiger charge is -2.32. The third-order valence-electron chi connectivity index (χ3n) is 4.51. The molecule has 1 aromatic rings. The Labute approximate surface area is 166 Å². The van der Waals surface area contributed by atoms with Crippen LogP contribution in [-0.4, -0.2) is 54.5 Å². The number of hydrogen-bond acceptors (Lipinski definition) is 3. The normalized spacial score (nSPS) is 11.6. The molecule has 1 aromatic carbocycles. The summed E-state index contributed by atoms with van der Waals surface area (Å²) in [5.74, 6) is 0.0878. The minimum atomic E-state index is -0.115. The Kier molecular flexibility index (Phi) is 15.2. The van der Waals surface area contributed by atoms with E-state index in [4.69, 9.17) is 0 Å². The van der Waals surface area contributed by atoms with Gasteiger partial charge in [0.2, 0.25) is 5.91 Å². The van der Waals surface area contributed by atoms with Crippen molar-refractivity contribution in [3.8, 4) is 0 Å². The molecule has 146 valence electrons. The number of carbonyl (C=O) groups is 1. The SMILES string of the molecule is CCc1ccc(NC(=O)C(CN(CC)CC)N(CC)CC)cc1.Cl.Cl. The van der Waals surface area contributed by atoms with Gasteiger partial charge in [0.1, 0.15) is 6.04 Å². The second-order valence-corrected chi connectivity index (χ2v) is 5.76. The molecule has 0 saturated heterocycles. The molecule has 6 heteroatoms. The molecule has 0 fully saturated rings. The topological polar surface area (TPSA) is 35.6 Å². The van der Waals surface area contributed by atoms with Crippen LogP contribution in [0.4, 0.5) is 5.69 Å². The number of likely N-dealkylation sites (N-methyl/N-ethyl adjacent to an activating group) is 2. The Balaban J connectivity index is 0. The molecule has 1 atom stereocenters. The molecule has 0 aliphatic carbocycles. The van der Waals surface area contributed by atoms with Gasteiger partial charge >= 0.3 is 0 Å². The van der Waals surface area contributed by atoms with Gasteiger partial charge in [0.05, 0.1) is 0 Å². The fourth-order valence-corrected chi connectivity index (χ4v) is 2.80. The minimum Gasteiger partial charge on any atom is -0.325 e. The maximum Gasteiger partial charge on any atom is 0.243 e. The first kappa shape index (κ1) is 26.4. The molecule has 0 saturated carbocycles. The van der Waals surface area contributed by atoms with Crippen molar-refractivity contribution in [2.45, 2.75) is 47.1 Å². The number of nitrogens with zero attached hydrogens (tertiary/aromatic N) is 2. The quantitative estimate of drug-likeness (QED) is 0.652. The number of carbonyl (C=O) groups excluding carboxylic acids is 1. The Morgan fingerprint density at radius 1 is 0.920 bits per heavy atom. The fourth-order valence-electron chi connectivity index (χ4n) is 2.80. The van der Waals surface area contributed by atoms with Crippen LogP contribution in [0, 0.1) is 0 Å². The molecular weight excluding hydrogens is 357 g/mol. The van der Waals surface area contributed by atoms with E-state index in [1.807, 2.05) is 12.1 Å². The number of benzene rings is 1. The average Bonchev–Trinajstić information content (AvgIpc) is 2.59. The van der Waals surface area contributed by atoms with Crippen LogP contribution < -0.4 is 5.32 Å². The largest absolute Gasteiger partial charge is 0.325 e. The van der Waals surface area contributed by atoms with Gasteiger partial charge in [0, 0.05) is 12.2 Å². The first-order valence-corrected chi connectivity index (χ1v) is 8.95. The highest BCUT2D eigenvalue weighted by Gasteiger charge is 2.25. The van der Waals surface area contributed by atoms with Gasteiger partial charge in [-0.3, -0.25) is 9.69 Å². The number of aryl methyl sites for hydroxylation is 1. The van der Waals surface area contributed by atoms with Gasteiger partial charge < -0.3 is 10.2 Å². The predicted octanol–water partition coefficient (Wildman–Crippen LogP) is 4.08. The van der Waals surface area contributed by atoms with Crippen molar-refractivity contribution in [1.29, 1.82) is 0 Å². The van der Waals surface area contributed by atoms with Gasteiger partial charge in [-0.25, -0.2) is 0 Å². The average molecular weight is 392 g/mol. The summed E-state index contributed by atoms with van der Waals surface area (Å²) < 4.78 is 0. The van der Waals surface area contributed by atoms with Gasteiger partial charge in [-0.15, -0.1) is 24.8 Å².